The fourth-order valence-electron chi connectivity index (χ4n) is 3.07. The Kier molecular flexibility index (Phi) is 9.57. The molecule has 0 N–H and O–H groups in total. The molecule has 0 spiro atoms. The van der Waals surface area contributed by atoms with E-state index < -0.39 is 0 Å². The third-order valence-corrected chi connectivity index (χ3v) is 5.44. The highest BCUT2D eigenvalue weighted by Crippen LogP contribution is 2.11. The van der Waals surface area contributed by atoms with E-state index in [4.69, 9.17) is 0 Å². The average Bonchev–Trinajstić information content (AvgIpc) is 2.50. The van der Waals surface area contributed by atoms with Gasteiger partial charge in [-0.2, -0.15) is 0 Å². The molecule has 22 heavy (non-hydrogen) atoms. The quantitative estimate of drug-likeness (QED) is 0.786. The topological polar surface area (TPSA) is 13.0 Å². The van der Waals surface area contributed by atoms with Crippen molar-refractivity contribution in [3.05, 3.63) is 0 Å². The first-order valence-electron chi connectivity index (χ1n) is 9.35. The SMILES string of the molecule is CCN1CCN(C)CCN(CC)CCN(C(C)C(C)C)CC1. The first-order chi connectivity index (χ1) is 10.5. The van der Waals surface area contributed by atoms with Gasteiger partial charge >= 0.3 is 0 Å². The lowest BCUT2D eigenvalue weighted by molar-refractivity contribution is 0.109. The zero-order valence-electron chi connectivity index (χ0n) is 16.0. The molecule has 132 valence electrons. The molecule has 1 heterocycles. The molecule has 4 heteroatoms. The van der Waals surface area contributed by atoms with Crippen LogP contribution in [0.3, 0.4) is 0 Å². The molecule has 1 unspecified atom stereocenters. The van der Waals surface area contributed by atoms with Gasteiger partial charge in [0.2, 0.25) is 0 Å². The van der Waals surface area contributed by atoms with E-state index >= 15 is 0 Å². The molecule has 0 radical (unpaired) electrons. The van der Waals surface area contributed by atoms with Gasteiger partial charge in [0.15, 0.2) is 0 Å². The van der Waals surface area contributed by atoms with Crippen molar-refractivity contribution < 1.29 is 0 Å². The van der Waals surface area contributed by atoms with Crippen molar-refractivity contribution in [2.45, 2.75) is 40.7 Å². The molecule has 1 saturated heterocycles. The summed E-state index contributed by atoms with van der Waals surface area (Å²) in [5, 5.41) is 0. The minimum atomic E-state index is 0.669. The summed E-state index contributed by atoms with van der Waals surface area (Å²) >= 11 is 0. The smallest absolute Gasteiger partial charge is 0.0113 e. The monoisotopic (exact) mass is 312 g/mol. The molecule has 0 aromatic heterocycles. The third kappa shape index (κ3) is 6.95. The zero-order valence-corrected chi connectivity index (χ0v) is 16.0. The summed E-state index contributed by atoms with van der Waals surface area (Å²) in [6, 6.07) is 0.669. The lowest BCUT2D eigenvalue weighted by atomic mass is 10.0. The van der Waals surface area contributed by atoms with Gasteiger partial charge < -0.3 is 14.7 Å². The second-order valence-corrected chi connectivity index (χ2v) is 7.19. The van der Waals surface area contributed by atoms with E-state index in [1.807, 2.05) is 0 Å². The molecule has 1 atom stereocenters. The summed E-state index contributed by atoms with van der Waals surface area (Å²) in [6.07, 6.45) is 0. The Morgan fingerprint density at radius 3 is 1.45 bits per heavy atom. The van der Waals surface area contributed by atoms with Crippen LogP contribution in [-0.4, -0.2) is 98.1 Å². The third-order valence-electron chi connectivity index (χ3n) is 5.44. The van der Waals surface area contributed by atoms with E-state index in [0.29, 0.717) is 6.04 Å². The highest BCUT2D eigenvalue weighted by molar-refractivity contribution is 4.75. The van der Waals surface area contributed by atoms with E-state index in [1.54, 1.807) is 0 Å². The van der Waals surface area contributed by atoms with E-state index in [-0.39, 0.29) is 0 Å². The molecule has 1 aliphatic heterocycles. The maximum atomic E-state index is 2.71. The number of likely N-dealkylation sites (N-methyl/N-ethyl adjacent to an activating group) is 3. The summed E-state index contributed by atoms with van der Waals surface area (Å²) in [5.41, 5.74) is 0. The molecule has 4 nitrogen and oxygen atoms in total. The number of rotatable bonds is 4. The second kappa shape index (κ2) is 10.6. The molecule has 0 aromatic carbocycles. The Bertz CT molecular complexity index is 262. The van der Waals surface area contributed by atoms with Crippen molar-refractivity contribution in [1.29, 1.82) is 0 Å². The van der Waals surface area contributed by atoms with Crippen molar-refractivity contribution in [3.63, 3.8) is 0 Å². The van der Waals surface area contributed by atoms with Crippen LogP contribution in [0, 0.1) is 5.92 Å². The molecule has 0 aliphatic carbocycles. The van der Waals surface area contributed by atoms with Gasteiger partial charge in [-0.1, -0.05) is 27.7 Å². The van der Waals surface area contributed by atoms with Gasteiger partial charge in [0.25, 0.3) is 0 Å². The predicted molar refractivity (Wildman–Crippen MR) is 97.6 cm³/mol. The summed E-state index contributed by atoms with van der Waals surface area (Å²) in [7, 11) is 2.26. The summed E-state index contributed by atoms with van der Waals surface area (Å²) < 4.78 is 0. The lowest BCUT2D eigenvalue weighted by Crippen LogP contribution is -2.48. The minimum absolute atomic E-state index is 0.669. The fourth-order valence-corrected chi connectivity index (χ4v) is 3.07. The minimum Gasteiger partial charge on any atom is -0.304 e. The Hall–Kier alpha value is -0.160. The van der Waals surface area contributed by atoms with Crippen molar-refractivity contribution in [2.24, 2.45) is 5.92 Å². The van der Waals surface area contributed by atoms with Gasteiger partial charge in [0, 0.05) is 58.4 Å². The molecule has 0 bridgehead atoms. The number of hydrogen-bond acceptors (Lipinski definition) is 4. The normalized spacial score (nSPS) is 24.1. The Balaban J connectivity index is 2.70. The van der Waals surface area contributed by atoms with Crippen LogP contribution in [0.2, 0.25) is 0 Å². The maximum absolute atomic E-state index is 2.71. The zero-order chi connectivity index (χ0) is 16.5. The van der Waals surface area contributed by atoms with E-state index in [9.17, 15) is 0 Å². The Labute approximate surface area is 139 Å². The first kappa shape index (κ1) is 19.9. The summed E-state index contributed by atoms with van der Waals surface area (Å²) in [5.74, 6) is 0.726. The highest BCUT2D eigenvalue weighted by Gasteiger charge is 2.19. The number of nitrogens with zero attached hydrogens (tertiary/aromatic N) is 4. The highest BCUT2D eigenvalue weighted by atomic mass is 15.3. The van der Waals surface area contributed by atoms with Gasteiger partial charge in [0.05, 0.1) is 0 Å². The fraction of sp³-hybridized carbons (Fsp3) is 1.00. The van der Waals surface area contributed by atoms with Crippen LogP contribution in [0.15, 0.2) is 0 Å². The van der Waals surface area contributed by atoms with Gasteiger partial charge in [-0.3, -0.25) is 4.90 Å². The molecular weight excluding hydrogens is 272 g/mol. The predicted octanol–water partition coefficient (Wildman–Crippen LogP) is 1.92. The van der Waals surface area contributed by atoms with Crippen molar-refractivity contribution in [1.82, 2.24) is 19.6 Å². The molecule has 1 aliphatic rings. The van der Waals surface area contributed by atoms with E-state index in [1.165, 1.54) is 65.4 Å². The molecule has 1 fully saturated rings. The van der Waals surface area contributed by atoms with Gasteiger partial charge in [-0.05, 0) is 33.0 Å². The van der Waals surface area contributed by atoms with Crippen LogP contribution < -0.4 is 0 Å². The van der Waals surface area contributed by atoms with Crippen LogP contribution in [0.5, 0.6) is 0 Å². The first-order valence-corrected chi connectivity index (χ1v) is 9.35. The molecule has 1 rings (SSSR count). The summed E-state index contributed by atoms with van der Waals surface area (Å²) in [6.45, 7) is 23.6. The van der Waals surface area contributed by atoms with E-state index in [2.05, 4.69) is 61.3 Å². The van der Waals surface area contributed by atoms with Gasteiger partial charge in [-0.15, -0.1) is 0 Å². The van der Waals surface area contributed by atoms with Crippen LogP contribution in [0.1, 0.15) is 34.6 Å². The van der Waals surface area contributed by atoms with Crippen molar-refractivity contribution in [3.8, 4) is 0 Å². The van der Waals surface area contributed by atoms with E-state index in [0.717, 1.165) is 5.92 Å². The lowest BCUT2D eigenvalue weighted by Gasteiger charge is -2.36. The maximum Gasteiger partial charge on any atom is 0.0113 e. The van der Waals surface area contributed by atoms with Crippen LogP contribution >= 0.6 is 0 Å². The van der Waals surface area contributed by atoms with Crippen molar-refractivity contribution in [2.75, 3.05) is 72.5 Å². The Morgan fingerprint density at radius 1 is 0.682 bits per heavy atom. The summed E-state index contributed by atoms with van der Waals surface area (Å²) in [4.78, 5) is 10.4. The standard InChI is InChI=1S/C18H40N4/c1-7-20-11-9-19(6)10-12-21(8-2)14-16-22(15-13-20)18(5)17(3)4/h17-18H,7-16H2,1-6H3. The van der Waals surface area contributed by atoms with Crippen molar-refractivity contribution >= 4 is 0 Å². The second-order valence-electron chi connectivity index (χ2n) is 7.19. The number of hydrogen-bond donors (Lipinski definition) is 0. The molecule has 0 saturated carbocycles. The van der Waals surface area contributed by atoms with Crippen LogP contribution in [-0.2, 0) is 0 Å². The molecule has 0 amide bonds. The van der Waals surface area contributed by atoms with Gasteiger partial charge in [-0.25, -0.2) is 0 Å². The average molecular weight is 313 g/mol. The van der Waals surface area contributed by atoms with Crippen LogP contribution in [0.25, 0.3) is 0 Å². The molecular formula is C18H40N4. The molecule has 0 aromatic rings. The Morgan fingerprint density at radius 2 is 1.09 bits per heavy atom. The van der Waals surface area contributed by atoms with Crippen LogP contribution in [0.4, 0.5) is 0 Å². The largest absolute Gasteiger partial charge is 0.304 e. The van der Waals surface area contributed by atoms with Gasteiger partial charge in [0.1, 0.15) is 0 Å².